The zero-order valence-corrected chi connectivity index (χ0v) is 7.70. The predicted molar refractivity (Wildman–Crippen MR) is 45.8 cm³/mol. The number of carbonyl (C=O) groups is 1. The van der Waals surface area contributed by atoms with Gasteiger partial charge in [-0.15, -0.1) is 0 Å². The molecule has 2 rings (SSSR count). The van der Waals surface area contributed by atoms with Gasteiger partial charge in [0.15, 0.2) is 0 Å². The lowest BCUT2D eigenvalue weighted by Crippen LogP contribution is -2.37. The van der Waals surface area contributed by atoms with Crippen LogP contribution in [0.5, 0.6) is 0 Å². The van der Waals surface area contributed by atoms with E-state index < -0.39 is 6.09 Å². The number of hydrogen-bond acceptors (Lipinski definition) is 4. The lowest BCUT2D eigenvalue weighted by atomic mass is 10.1. The first-order valence-electron chi connectivity index (χ1n) is 4.24. The molecule has 0 saturated heterocycles. The number of amides is 1. The van der Waals surface area contributed by atoms with Crippen molar-refractivity contribution >= 4 is 6.09 Å². The SMILES string of the molecule is COC(=O)N1CCc2o[nH]c(=O)c2C1. The Bertz CT molecular complexity index is 406. The minimum atomic E-state index is -0.420. The molecule has 1 aromatic heterocycles. The number of methoxy groups -OCH3 is 1. The average Bonchev–Trinajstić information content (AvgIpc) is 2.59. The van der Waals surface area contributed by atoms with Gasteiger partial charge in [-0.3, -0.25) is 4.79 Å². The van der Waals surface area contributed by atoms with E-state index in [-0.39, 0.29) is 12.1 Å². The van der Waals surface area contributed by atoms with Crippen molar-refractivity contribution in [3.63, 3.8) is 0 Å². The van der Waals surface area contributed by atoms with Crippen LogP contribution < -0.4 is 5.56 Å². The van der Waals surface area contributed by atoms with E-state index in [1.807, 2.05) is 0 Å². The van der Waals surface area contributed by atoms with Crippen LogP contribution in [-0.4, -0.2) is 29.8 Å². The molecule has 0 unspecified atom stereocenters. The molecule has 0 spiro atoms. The second-order valence-corrected chi connectivity index (χ2v) is 3.08. The molecule has 0 radical (unpaired) electrons. The van der Waals surface area contributed by atoms with Crippen molar-refractivity contribution in [3.05, 3.63) is 21.7 Å². The standard InChI is InChI=1S/C8H10N2O4/c1-13-8(12)10-3-2-6-5(4-10)7(11)9-14-6/h2-4H2,1H3,(H,9,11). The maximum absolute atomic E-state index is 11.2. The summed E-state index contributed by atoms with van der Waals surface area (Å²) in [6, 6.07) is 0. The lowest BCUT2D eigenvalue weighted by Gasteiger charge is -2.23. The monoisotopic (exact) mass is 198 g/mol. The molecule has 76 valence electrons. The maximum Gasteiger partial charge on any atom is 0.409 e. The van der Waals surface area contributed by atoms with Gasteiger partial charge in [0.05, 0.1) is 19.2 Å². The van der Waals surface area contributed by atoms with Crippen molar-refractivity contribution in [1.29, 1.82) is 0 Å². The van der Waals surface area contributed by atoms with Crippen molar-refractivity contribution in [2.24, 2.45) is 0 Å². The number of ether oxygens (including phenoxy) is 1. The van der Waals surface area contributed by atoms with Crippen LogP contribution in [0.2, 0.25) is 0 Å². The summed E-state index contributed by atoms with van der Waals surface area (Å²) in [4.78, 5) is 23.8. The van der Waals surface area contributed by atoms with E-state index in [4.69, 9.17) is 4.52 Å². The first-order chi connectivity index (χ1) is 6.72. The Morgan fingerprint density at radius 3 is 3.14 bits per heavy atom. The van der Waals surface area contributed by atoms with Gasteiger partial charge >= 0.3 is 6.09 Å². The Hall–Kier alpha value is -1.72. The number of fused-ring (bicyclic) bond motifs is 1. The molecule has 6 nitrogen and oxygen atoms in total. The van der Waals surface area contributed by atoms with Gasteiger partial charge in [0.2, 0.25) is 0 Å². The van der Waals surface area contributed by atoms with Crippen molar-refractivity contribution in [1.82, 2.24) is 10.1 Å². The highest BCUT2D eigenvalue weighted by atomic mass is 16.5. The van der Waals surface area contributed by atoms with Crippen molar-refractivity contribution in [2.45, 2.75) is 13.0 Å². The van der Waals surface area contributed by atoms with Gasteiger partial charge in [-0.1, -0.05) is 0 Å². The summed E-state index contributed by atoms with van der Waals surface area (Å²) in [5.74, 6) is 0.634. The first kappa shape index (κ1) is 8.86. The molecule has 1 aromatic rings. The fourth-order valence-electron chi connectivity index (χ4n) is 1.51. The quantitative estimate of drug-likeness (QED) is 0.641. The zero-order chi connectivity index (χ0) is 10.1. The van der Waals surface area contributed by atoms with Crippen molar-refractivity contribution in [3.8, 4) is 0 Å². The largest absolute Gasteiger partial charge is 0.453 e. The molecule has 14 heavy (non-hydrogen) atoms. The van der Waals surface area contributed by atoms with Gasteiger partial charge < -0.3 is 14.2 Å². The van der Waals surface area contributed by atoms with Crippen molar-refractivity contribution in [2.75, 3.05) is 13.7 Å². The molecular weight excluding hydrogens is 188 g/mol. The van der Waals surface area contributed by atoms with Crippen LogP contribution in [0.1, 0.15) is 11.3 Å². The topological polar surface area (TPSA) is 75.5 Å². The Morgan fingerprint density at radius 1 is 1.64 bits per heavy atom. The Morgan fingerprint density at radius 2 is 2.43 bits per heavy atom. The van der Waals surface area contributed by atoms with Crippen LogP contribution in [0, 0.1) is 0 Å². The second-order valence-electron chi connectivity index (χ2n) is 3.08. The Kier molecular flexibility index (Phi) is 2.03. The zero-order valence-electron chi connectivity index (χ0n) is 7.70. The molecule has 0 aliphatic carbocycles. The Labute approximate surface area is 79.4 Å². The highest BCUT2D eigenvalue weighted by Crippen LogP contribution is 2.15. The smallest absolute Gasteiger partial charge is 0.409 e. The summed E-state index contributed by atoms with van der Waals surface area (Å²) in [7, 11) is 1.32. The van der Waals surface area contributed by atoms with Gasteiger partial charge in [-0.05, 0) is 0 Å². The summed E-state index contributed by atoms with van der Waals surface area (Å²) in [6.07, 6.45) is 0.125. The third-order valence-electron chi connectivity index (χ3n) is 2.27. The van der Waals surface area contributed by atoms with Gasteiger partial charge in [0.25, 0.3) is 5.56 Å². The number of nitrogens with one attached hydrogen (secondary N) is 1. The summed E-state index contributed by atoms with van der Waals surface area (Å²) < 4.78 is 9.50. The molecule has 1 N–H and O–H groups in total. The van der Waals surface area contributed by atoms with Gasteiger partial charge in [-0.25, -0.2) is 4.79 Å². The summed E-state index contributed by atoms with van der Waals surface area (Å²) in [5.41, 5.74) is 0.246. The van der Waals surface area contributed by atoms with Crippen molar-refractivity contribution < 1.29 is 14.1 Å². The third-order valence-corrected chi connectivity index (χ3v) is 2.27. The van der Waals surface area contributed by atoms with Crippen LogP contribution in [-0.2, 0) is 17.7 Å². The van der Waals surface area contributed by atoms with E-state index >= 15 is 0 Å². The van der Waals surface area contributed by atoms with E-state index in [1.54, 1.807) is 0 Å². The Balaban J connectivity index is 2.24. The minimum Gasteiger partial charge on any atom is -0.453 e. The molecule has 1 amide bonds. The van der Waals surface area contributed by atoms with Crippen LogP contribution in [0.25, 0.3) is 0 Å². The molecule has 1 aliphatic rings. The molecule has 0 fully saturated rings. The molecule has 0 atom stereocenters. The van der Waals surface area contributed by atoms with Gasteiger partial charge in [-0.2, -0.15) is 5.16 Å². The molecule has 0 bridgehead atoms. The van der Waals surface area contributed by atoms with Gasteiger partial charge in [0, 0.05) is 13.0 Å². The van der Waals surface area contributed by atoms with Crippen LogP contribution >= 0.6 is 0 Å². The first-order valence-corrected chi connectivity index (χ1v) is 4.24. The molecule has 0 saturated carbocycles. The fraction of sp³-hybridized carbons (Fsp3) is 0.500. The van der Waals surface area contributed by atoms with E-state index in [2.05, 4.69) is 9.89 Å². The molecule has 6 heteroatoms. The number of H-pyrrole nitrogens is 1. The summed E-state index contributed by atoms with van der Waals surface area (Å²) in [6.45, 7) is 0.772. The molecule has 1 aliphatic heterocycles. The highest BCUT2D eigenvalue weighted by molar-refractivity contribution is 5.67. The lowest BCUT2D eigenvalue weighted by molar-refractivity contribution is 0.117. The minimum absolute atomic E-state index is 0.258. The van der Waals surface area contributed by atoms with E-state index in [0.29, 0.717) is 24.3 Å². The van der Waals surface area contributed by atoms with Crippen LogP contribution in [0.4, 0.5) is 4.79 Å². The summed E-state index contributed by atoms with van der Waals surface area (Å²) in [5, 5.41) is 2.25. The highest BCUT2D eigenvalue weighted by Gasteiger charge is 2.25. The number of carbonyl (C=O) groups excluding carboxylic acids is 1. The second kappa shape index (κ2) is 3.21. The van der Waals surface area contributed by atoms with Crippen LogP contribution in [0.3, 0.4) is 0 Å². The number of hydrogen-bond donors (Lipinski definition) is 1. The van der Waals surface area contributed by atoms with Crippen LogP contribution in [0.15, 0.2) is 9.32 Å². The van der Waals surface area contributed by atoms with E-state index in [9.17, 15) is 9.59 Å². The summed E-state index contributed by atoms with van der Waals surface area (Å²) >= 11 is 0. The number of nitrogens with zero attached hydrogens (tertiary/aromatic N) is 1. The number of aromatic nitrogens is 1. The number of aromatic amines is 1. The van der Waals surface area contributed by atoms with E-state index in [0.717, 1.165) is 0 Å². The molecule has 0 aromatic carbocycles. The van der Waals surface area contributed by atoms with Gasteiger partial charge in [0.1, 0.15) is 5.76 Å². The number of rotatable bonds is 0. The van der Waals surface area contributed by atoms with E-state index in [1.165, 1.54) is 12.0 Å². The normalized spacial score (nSPS) is 15.1. The molecular formula is C8H10N2O4. The average molecular weight is 198 g/mol. The molecule has 2 heterocycles. The predicted octanol–water partition coefficient (Wildman–Crippen LogP) is 0.0924. The maximum atomic E-state index is 11.2. The fourth-order valence-corrected chi connectivity index (χ4v) is 1.51. The third kappa shape index (κ3) is 1.28.